The van der Waals surface area contributed by atoms with Gasteiger partial charge in [0.2, 0.25) is 0 Å². The van der Waals surface area contributed by atoms with Crippen LogP contribution in [0.3, 0.4) is 0 Å². The minimum Gasteiger partial charge on any atom is -0.373 e. The molecule has 4 heteroatoms. The largest absolute Gasteiger partial charge is 0.373 e. The van der Waals surface area contributed by atoms with Crippen molar-refractivity contribution in [3.63, 3.8) is 0 Å². The van der Waals surface area contributed by atoms with Crippen molar-refractivity contribution < 1.29 is 9.47 Å². The average molecular weight is 164 g/mol. The average Bonchev–Trinajstić information content (AvgIpc) is 2.62. The zero-order valence-corrected chi connectivity index (χ0v) is 6.43. The van der Waals surface area contributed by atoms with Gasteiger partial charge < -0.3 is 9.47 Å². The second-order valence-corrected chi connectivity index (χ2v) is 3.07. The van der Waals surface area contributed by atoms with Crippen LogP contribution in [0.4, 0.5) is 0 Å². The molecule has 0 radical (unpaired) electrons. The Morgan fingerprint density at radius 3 is 1.67 bits per heavy atom. The molecule has 0 aromatic rings. The highest BCUT2D eigenvalue weighted by Gasteiger charge is 2.47. The van der Waals surface area contributed by atoms with Gasteiger partial charge in [-0.05, 0) is 0 Å². The fraction of sp³-hybridized carbons (Fsp3) is 0.750. The van der Waals surface area contributed by atoms with Crippen LogP contribution in [0.2, 0.25) is 0 Å². The van der Waals surface area contributed by atoms with Crippen LogP contribution in [0, 0.1) is 34.5 Å². The van der Waals surface area contributed by atoms with Crippen LogP contribution >= 0.6 is 0 Å². The Balaban J connectivity index is 2.13. The van der Waals surface area contributed by atoms with Gasteiger partial charge >= 0.3 is 0 Å². The Morgan fingerprint density at radius 2 is 1.33 bits per heavy atom. The van der Waals surface area contributed by atoms with Crippen molar-refractivity contribution in [1.29, 1.82) is 10.5 Å². The molecule has 2 saturated heterocycles. The molecule has 0 aromatic heterocycles. The van der Waals surface area contributed by atoms with Crippen molar-refractivity contribution in [3.05, 3.63) is 0 Å². The van der Waals surface area contributed by atoms with Gasteiger partial charge in [-0.1, -0.05) is 0 Å². The first-order valence-electron chi connectivity index (χ1n) is 3.89. The number of nitrogens with zero attached hydrogens (tertiary/aromatic N) is 2. The van der Waals surface area contributed by atoms with Gasteiger partial charge in [-0.15, -0.1) is 0 Å². The molecule has 12 heavy (non-hydrogen) atoms. The molecular formula is C8H8N2O2. The molecule has 2 aliphatic heterocycles. The molecule has 2 rings (SSSR count). The summed E-state index contributed by atoms with van der Waals surface area (Å²) in [5.41, 5.74) is 0. The summed E-state index contributed by atoms with van der Waals surface area (Å²) in [5.74, 6) is -0.373. The fourth-order valence-electron chi connectivity index (χ4n) is 1.72. The van der Waals surface area contributed by atoms with Crippen LogP contribution < -0.4 is 0 Å². The topological polar surface area (TPSA) is 66.0 Å². The molecule has 4 nitrogen and oxygen atoms in total. The second-order valence-electron chi connectivity index (χ2n) is 3.07. The van der Waals surface area contributed by atoms with Crippen molar-refractivity contribution in [2.75, 3.05) is 13.2 Å². The molecule has 2 unspecified atom stereocenters. The van der Waals surface area contributed by atoms with Crippen molar-refractivity contribution in [1.82, 2.24) is 0 Å². The summed E-state index contributed by atoms with van der Waals surface area (Å²) in [6.07, 6.45) is -0.334. The molecule has 62 valence electrons. The number of nitriles is 2. The predicted octanol–water partition coefficient (Wildman–Crippen LogP) is 0.0636. The minimum absolute atomic E-state index is 0.167. The molecule has 2 fully saturated rings. The number of hydrogen-bond donors (Lipinski definition) is 0. The van der Waals surface area contributed by atoms with Gasteiger partial charge in [-0.2, -0.15) is 10.5 Å². The lowest BCUT2D eigenvalue weighted by molar-refractivity contribution is 0.0664. The van der Waals surface area contributed by atoms with Gasteiger partial charge in [0.1, 0.15) is 12.2 Å². The number of rotatable bonds is 0. The SMILES string of the molecule is N#CC1CO[C@@H]2C(C#N)CO[C@H]12. The van der Waals surface area contributed by atoms with Gasteiger partial charge in [0.25, 0.3) is 0 Å². The lowest BCUT2D eigenvalue weighted by Gasteiger charge is -2.08. The maximum atomic E-state index is 8.68. The van der Waals surface area contributed by atoms with Gasteiger partial charge in [0.15, 0.2) is 0 Å². The standard InChI is InChI=1S/C8H8N2O2/c9-1-5-3-11-8-6(2-10)4-12-7(5)8/h5-8H,3-4H2/t5?,6?,7-,8-/m1/s1. The molecule has 0 aromatic carbocycles. The molecule has 0 spiro atoms. The van der Waals surface area contributed by atoms with Gasteiger partial charge in [-0.3, -0.25) is 0 Å². The van der Waals surface area contributed by atoms with E-state index in [9.17, 15) is 0 Å². The summed E-state index contributed by atoms with van der Waals surface area (Å²) < 4.78 is 10.6. The third kappa shape index (κ3) is 0.896. The smallest absolute Gasteiger partial charge is 0.103 e. The molecule has 2 aliphatic rings. The van der Waals surface area contributed by atoms with Gasteiger partial charge in [-0.25, -0.2) is 0 Å². The zero-order chi connectivity index (χ0) is 8.55. The van der Waals surface area contributed by atoms with E-state index in [1.54, 1.807) is 0 Å². The Hall–Kier alpha value is -1.10. The lowest BCUT2D eigenvalue weighted by atomic mass is 9.98. The predicted molar refractivity (Wildman–Crippen MR) is 37.7 cm³/mol. The van der Waals surface area contributed by atoms with E-state index in [2.05, 4.69) is 12.1 Å². The summed E-state index contributed by atoms with van der Waals surface area (Å²) in [5, 5.41) is 17.4. The van der Waals surface area contributed by atoms with Gasteiger partial charge in [0.05, 0.1) is 37.2 Å². The maximum Gasteiger partial charge on any atom is 0.103 e. The third-order valence-electron chi connectivity index (χ3n) is 2.39. The Morgan fingerprint density at radius 1 is 0.917 bits per heavy atom. The lowest BCUT2D eigenvalue weighted by Crippen LogP contribution is -2.24. The Bertz CT molecular complexity index is 237. The van der Waals surface area contributed by atoms with Crippen LogP contribution in [0.5, 0.6) is 0 Å². The highest BCUT2D eigenvalue weighted by atomic mass is 16.6. The van der Waals surface area contributed by atoms with Crippen molar-refractivity contribution in [2.45, 2.75) is 12.2 Å². The van der Waals surface area contributed by atoms with Crippen LogP contribution in [0.15, 0.2) is 0 Å². The van der Waals surface area contributed by atoms with E-state index in [-0.39, 0.29) is 24.0 Å². The maximum absolute atomic E-state index is 8.68. The van der Waals surface area contributed by atoms with E-state index >= 15 is 0 Å². The van der Waals surface area contributed by atoms with E-state index < -0.39 is 0 Å². The first kappa shape index (κ1) is 7.54. The molecule has 0 saturated carbocycles. The van der Waals surface area contributed by atoms with E-state index in [1.165, 1.54) is 0 Å². The Labute approximate surface area is 70.3 Å². The van der Waals surface area contributed by atoms with E-state index in [4.69, 9.17) is 20.0 Å². The van der Waals surface area contributed by atoms with Crippen molar-refractivity contribution >= 4 is 0 Å². The summed E-state index contributed by atoms with van der Waals surface area (Å²) in [6, 6.07) is 4.24. The van der Waals surface area contributed by atoms with Crippen LogP contribution in [0.25, 0.3) is 0 Å². The van der Waals surface area contributed by atoms with E-state index in [0.29, 0.717) is 13.2 Å². The number of hydrogen-bond acceptors (Lipinski definition) is 4. The number of ether oxygens (including phenoxy) is 2. The quantitative estimate of drug-likeness (QED) is 0.508. The molecule has 0 aliphatic carbocycles. The monoisotopic (exact) mass is 164 g/mol. The second kappa shape index (κ2) is 2.75. The highest BCUT2D eigenvalue weighted by Crippen LogP contribution is 2.33. The summed E-state index contributed by atoms with van der Waals surface area (Å²) in [4.78, 5) is 0. The summed E-state index contributed by atoms with van der Waals surface area (Å²) in [7, 11) is 0. The summed E-state index contributed by atoms with van der Waals surface area (Å²) >= 11 is 0. The normalized spacial score (nSPS) is 44.8. The van der Waals surface area contributed by atoms with Gasteiger partial charge in [0, 0.05) is 0 Å². The molecule has 0 amide bonds. The van der Waals surface area contributed by atoms with Crippen LogP contribution in [-0.4, -0.2) is 25.4 Å². The van der Waals surface area contributed by atoms with Crippen molar-refractivity contribution in [3.8, 4) is 12.1 Å². The van der Waals surface area contributed by atoms with Crippen LogP contribution in [0.1, 0.15) is 0 Å². The molecule has 2 heterocycles. The molecule has 4 atom stereocenters. The first-order valence-corrected chi connectivity index (χ1v) is 3.89. The van der Waals surface area contributed by atoms with E-state index in [1.807, 2.05) is 0 Å². The highest BCUT2D eigenvalue weighted by molar-refractivity contribution is 5.07. The van der Waals surface area contributed by atoms with E-state index in [0.717, 1.165) is 0 Å². The van der Waals surface area contributed by atoms with Crippen LogP contribution in [-0.2, 0) is 9.47 Å². The molecule has 0 N–H and O–H groups in total. The van der Waals surface area contributed by atoms with Crippen molar-refractivity contribution in [2.24, 2.45) is 11.8 Å². The minimum atomic E-state index is -0.187. The summed E-state index contributed by atoms with van der Waals surface area (Å²) in [6.45, 7) is 0.814. The molecular weight excluding hydrogens is 156 g/mol. The Kier molecular flexibility index (Phi) is 1.73. The third-order valence-corrected chi connectivity index (χ3v) is 2.39. The first-order chi connectivity index (χ1) is 5.86. The fourth-order valence-corrected chi connectivity index (χ4v) is 1.72. The zero-order valence-electron chi connectivity index (χ0n) is 6.43. The number of fused-ring (bicyclic) bond motifs is 1. The molecule has 0 bridgehead atoms.